The molecule has 4 heteroatoms. The third-order valence-corrected chi connectivity index (χ3v) is 3.74. The molecule has 0 atom stereocenters. The van der Waals surface area contributed by atoms with Crippen molar-refractivity contribution in [2.75, 3.05) is 13.1 Å². The number of allylic oxidation sites excluding steroid dienone is 1. The molecule has 0 unspecified atom stereocenters. The second-order valence-electron chi connectivity index (χ2n) is 5.71. The zero-order valence-electron chi connectivity index (χ0n) is 14.5. The van der Waals surface area contributed by atoms with Crippen LogP contribution in [-0.4, -0.2) is 24.9 Å². The Morgan fingerprint density at radius 1 is 0.800 bits per heavy atom. The number of carbonyl (C=O) groups is 2. The quantitative estimate of drug-likeness (QED) is 0.723. The summed E-state index contributed by atoms with van der Waals surface area (Å²) in [6.45, 7) is 3.15. The Kier molecular flexibility index (Phi) is 7.44. The lowest BCUT2D eigenvalue weighted by Gasteiger charge is -2.07. The number of carbonyl (C=O) groups excluding carboxylic acids is 2. The molecule has 2 aromatic rings. The monoisotopic (exact) mass is 336 g/mol. The van der Waals surface area contributed by atoms with E-state index in [1.807, 2.05) is 61.5 Å². The summed E-state index contributed by atoms with van der Waals surface area (Å²) in [4.78, 5) is 23.9. The summed E-state index contributed by atoms with van der Waals surface area (Å²) in [7, 11) is 0. The Balaban J connectivity index is 1.62. The Morgan fingerprint density at radius 3 is 1.84 bits per heavy atom. The van der Waals surface area contributed by atoms with Gasteiger partial charge >= 0.3 is 0 Å². The molecule has 0 spiro atoms. The minimum absolute atomic E-state index is 0.0640. The van der Waals surface area contributed by atoms with E-state index in [1.54, 1.807) is 12.1 Å². The molecular formula is C21H24N2O2. The summed E-state index contributed by atoms with van der Waals surface area (Å²) in [5, 5.41) is 5.78. The third-order valence-electron chi connectivity index (χ3n) is 3.74. The van der Waals surface area contributed by atoms with Crippen LogP contribution in [0.15, 0.2) is 60.7 Å². The highest BCUT2D eigenvalue weighted by Crippen LogP contribution is 2.06. The molecule has 0 aromatic heterocycles. The van der Waals surface area contributed by atoms with Crippen molar-refractivity contribution in [1.82, 2.24) is 10.6 Å². The lowest BCUT2D eigenvalue weighted by atomic mass is 10.1. The summed E-state index contributed by atoms with van der Waals surface area (Å²) in [6.07, 6.45) is 5.59. The van der Waals surface area contributed by atoms with Gasteiger partial charge in [0.1, 0.15) is 0 Å². The zero-order chi connectivity index (χ0) is 17.9. The molecule has 4 nitrogen and oxygen atoms in total. The Labute approximate surface area is 149 Å². The minimum atomic E-state index is -0.0691. The van der Waals surface area contributed by atoms with Crippen LogP contribution in [0.25, 0.3) is 6.08 Å². The summed E-state index contributed by atoms with van der Waals surface area (Å²) >= 11 is 0. The van der Waals surface area contributed by atoms with Crippen LogP contribution >= 0.6 is 0 Å². The van der Waals surface area contributed by atoms with Gasteiger partial charge in [-0.1, -0.05) is 42.5 Å². The Bertz CT molecular complexity index is 706. The molecule has 0 fully saturated rings. The first kappa shape index (κ1) is 18.5. The number of amides is 2. The highest BCUT2D eigenvalue weighted by Gasteiger charge is 2.05. The van der Waals surface area contributed by atoms with E-state index in [1.165, 1.54) is 0 Å². The van der Waals surface area contributed by atoms with E-state index >= 15 is 0 Å². The fourth-order valence-electron chi connectivity index (χ4n) is 2.39. The van der Waals surface area contributed by atoms with Crippen molar-refractivity contribution in [1.29, 1.82) is 0 Å². The maximum Gasteiger partial charge on any atom is 0.251 e. The van der Waals surface area contributed by atoms with Crippen molar-refractivity contribution >= 4 is 17.9 Å². The average molecular weight is 336 g/mol. The van der Waals surface area contributed by atoms with Crippen molar-refractivity contribution in [2.24, 2.45) is 0 Å². The van der Waals surface area contributed by atoms with Crippen LogP contribution in [0.4, 0.5) is 0 Å². The lowest BCUT2D eigenvalue weighted by Crippen LogP contribution is -2.27. The number of unbranched alkanes of at least 4 members (excludes halogenated alkanes) is 1. The Morgan fingerprint density at radius 2 is 1.32 bits per heavy atom. The molecular weight excluding hydrogens is 312 g/mol. The molecule has 0 saturated carbocycles. The number of rotatable bonds is 8. The van der Waals surface area contributed by atoms with Crippen LogP contribution in [-0.2, 0) is 0 Å². The number of hydrogen-bond donors (Lipinski definition) is 2. The van der Waals surface area contributed by atoms with Gasteiger partial charge in [-0.2, -0.15) is 0 Å². The van der Waals surface area contributed by atoms with Gasteiger partial charge in [-0.05, 0) is 49.6 Å². The normalized spacial score (nSPS) is 10.6. The maximum atomic E-state index is 12.0. The fourth-order valence-corrected chi connectivity index (χ4v) is 2.39. The van der Waals surface area contributed by atoms with Gasteiger partial charge in [-0.15, -0.1) is 0 Å². The van der Waals surface area contributed by atoms with Crippen molar-refractivity contribution < 1.29 is 9.59 Å². The maximum absolute atomic E-state index is 12.0. The predicted molar refractivity (Wildman–Crippen MR) is 101 cm³/mol. The highest BCUT2D eigenvalue weighted by molar-refractivity contribution is 5.94. The zero-order valence-corrected chi connectivity index (χ0v) is 14.5. The van der Waals surface area contributed by atoms with E-state index in [0.717, 1.165) is 18.4 Å². The molecule has 0 bridgehead atoms. The summed E-state index contributed by atoms with van der Waals surface area (Å²) in [5.41, 5.74) is 2.40. The molecule has 25 heavy (non-hydrogen) atoms. The van der Waals surface area contributed by atoms with E-state index in [0.29, 0.717) is 24.2 Å². The first-order chi connectivity index (χ1) is 12.2. The highest BCUT2D eigenvalue weighted by atomic mass is 16.2. The first-order valence-corrected chi connectivity index (χ1v) is 8.55. The minimum Gasteiger partial charge on any atom is -0.352 e. The van der Waals surface area contributed by atoms with Gasteiger partial charge in [-0.3, -0.25) is 9.59 Å². The van der Waals surface area contributed by atoms with Gasteiger partial charge in [0.25, 0.3) is 11.8 Å². The van der Waals surface area contributed by atoms with Gasteiger partial charge in [0, 0.05) is 24.2 Å². The summed E-state index contributed by atoms with van der Waals surface area (Å²) < 4.78 is 0. The molecule has 0 aliphatic carbocycles. The van der Waals surface area contributed by atoms with Crippen LogP contribution < -0.4 is 10.6 Å². The second kappa shape index (κ2) is 10.1. The number of hydrogen-bond acceptors (Lipinski definition) is 2. The van der Waals surface area contributed by atoms with Gasteiger partial charge in [0.15, 0.2) is 0 Å². The van der Waals surface area contributed by atoms with Crippen LogP contribution in [0.2, 0.25) is 0 Å². The summed E-state index contributed by atoms with van der Waals surface area (Å²) in [5.74, 6) is -0.133. The van der Waals surface area contributed by atoms with Gasteiger partial charge < -0.3 is 10.6 Å². The van der Waals surface area contributed by atoms with E-state index in [9.17, 15) is 9.59 Å². The van der Waals surface area contributed by atoms with E-state index in [2.05, 4.69) is 10.6 Å². The van der Waals surface area contributed by atoms with Gasteiger partial charge in [0.2, 0.25) is 0 Å². The number of benzene rings is 2. The predicted octanol–water partition coefficient (Wildman–Crippen LogP) is 3.66. The van der Waals surface area contributed by atoms with E-state index in [4.69, 9.17) is 0 Å². The second-order valence-corrected chi connectivity index (χ2v) is 5.71. The largest absolute Gasteiger partial charge is 0.352 e. The van der Waals surface area contributed by atoms with Crippen LogP contribution in [0.1, 0.15) is 46.0 Å². The van der Waals surface area contributed by atoms with Crippen molar-refractivity contribution in [3.8, 4) is 0 Å². The molecule has 0 saturated heterocycles. The molecule has 0 radical (unpaired) electrons. The molecule has 2 aromatic carbocycles. The van der Waals surface area contributed by atoms with E-state index < -0.39 is 0 Å². The van der Waals surface area contributed by atoms with Crippen LogP contribution in [0.5, 0.6) is 0 Å². The molecule has 2 amide bonds. The molecule has 0 aliphatic rings. The summed E-state index contributed by atoms with van der Waals surface area (Å²) in [6, 6.07) is 16.6. The average Bonchev–Trinajstić information content (AvgIpc) is 2.65. The first-order valence-electron chi connectivity index (χ1n) is 8.55. The fraction of sp³-hybridized carbons (Fsp3) is 0.238. The molecule has 0 heterocycles. The van der Waals surface area contributed by atoms with E-state index in [-0.39, 0.29) is 11.8 Å². The van der Waals surface area contributed by atoms with Crippen LogP contribution in [0.3, 0.4) is 0 Å². The lowest BCUT2D eigenvalue weighted by molar-refractivity contribution is 0.0939. The van der Waals surface area contributed by atoms with Crippen molar-refractivity contribution in [3.05, 3.63) is 77.4 Å². The smallest absolute Gasteiger partial charge is 0.251 e. The molecule has 130 valence electrons. The topological polar surface area (TPSA) is 58.2 Å². The molecule has 0 aliphatic heterocycles. The van der Waals surface area contributed by atoms with Gasteiger partial charge in [0.05, 0.1) is 0 Å². The standard InChI is InChI=1S/C21H24N2O2/c1-2-8-17-11-13-19(14-12-17)21(25)23-16-7-6-15-22-20(24)18-9-4-3-5-10-18/h2-5,8-14H,6-7,15-16H2,1H3,(H,22,24)(H,23,25)/b8-2+. The van der Waals surface area contributed by atoms with Crippen molar-refractivity contribution in [3.63, 3.8) is 0 Å². The van der Waals surface area contributed by atoms with Gasteiger partial charge in [-0.25, -0.2) is 0 Å². The SMILES string of the molecule is C/C=C/c1ccc(C(=O)NCCCCNC(=O)c2ccccc2)cc1. The Hall–Kier alpha value is -2.88. The third kappa shape index (κ3) is 6.26. The van der Waals surface area contributed by atoms with Crippen molar-refractivity contribution in [2.45, 2.75) is 19.8 Å². The van der Waals surface area contributed by atoms with Crippen LogP contribution in [0, 0.1) is 0 Å². The molecule has 2 N–H and O–H groups in total. The molecule has 2 rings (SSSR count). The number of nitrogens with one attached hydrogen (secondary N) is 2.